The molecule has 2 aromatic rings. The highest BCUT2D eigenvalue weighted by Crippen LogP contribution is 2.42. The minimum Gasteiger partial charge on any atom is -0.486 e. The van der Waals surface area contributed by atoms with E-state index in [2.05, 4.69) is 62.3 Å². The first-order chi connectivity index (χ1) is 15.8. The molecule has 0 radical (unpaired) electrons. The maximum Gasteiger partial charge on any atom is 0.248 e. The molecule has 1 amide bonds. The predicted octanol–water partition coefficient (Wildman–Crippen LogP) is 6.90. The first-order valence-corrected chi connectivity index (χ1v) is 11.6. The van der Waals surface area contributed by atoms with E-state index < -0.39 is 0 Å². The molecule has 0 spiro atoms. The standard InChI is InChI=1S/C29H32N2O2/c1-20-7-5-9-23(12-11-20)33-27-15-17-29(3,4)25(21(27)2)13-14-28(32)31-26-10-6-8-22-19-30-18-16-24(22)26/h5-14,16,18-20,27H,15,17H2,1-4H3,(H,31,32)/b14-13+. The molecule has 0 saturated carbocycles. The summed E-state index contributed by atoms with van der Waals surface area (Å²) in [6.45, 7) is 8.75. The number of benzene rings is 1. The molecule has 2 unspecified atom stereocenters. The van der Waals surface area contributed by atoms with Crippen molar-refractivity contribution < 1.29 is 9.53 Å². The van der Waals surface area contributed by atoms with Gasteiger partial charge in [-0.25, -0.2) is 0 Å². The Morgan fingerprint density at radius 1 is 1.24 bits per heavy atom. The first kappa shape index (κ1) is 22.8. The van der Waals surface area contributed by atoms with Crippen LogP contribution < -0.4 is 5.32 Å². The number of fused-ring (bicyclic) bond motifs is 1. The molecule has 1 heterocycles. The van der Waals surface area contributed by atoms with Gasteiger partial charge in [-0.3, -0.25) is 9.78 Å². The molecule has 0 bridgehead atoms. The van der Waals surface area contributed by atoms with Crippen molar-refractivity contribution in [3.63, 3.8) is 0 Å². The van der Waals surface area contributed by atoms with Crippen molar-refractivity contribution in [2.75, 3.05) is 5.32 Å². The lowest BCUT2D eigenvalue weighted by Crippen LogP contribution is -2.29. The highest BCUT2D eigenvalue weighted by molar-refractivity contribution is 6.06. The van der Waals surface area contributed by atoms with Gasteiger partial charge in [-0.1, -0.05) is 57.2 Å². The number of carbonyl (C=O) groups is 1. The van der Waals surface area contributed by atoms with E-state index in [9.17, 15) is 4.79 Å². The van der Waals surface area contributed by atoms with Crippen molar-refractivity contribution in [1.82, 2.24) is 4.98 Å². The number of ether oxygens (including phenoxy) is 1. The van der Waals surface area contributed by atoms with Gasteiger partial charge in [-0.05, 0) is 66.5 Å². The molecule has 0 fully saturated rings. The van der Waals surface area contributed by atoms with Crippen LogP contribution in [0.15, 0.2) is 96.1 Å². The first-order valence-electron chi connectivity index (χ1n) is 11.6. The summed E-state index contributed by atoms with van der Waals surface area (Å²) in [4.78, 5) is 16.9. The zero-order valence-electron chi connectivity index (χ0n) is 19.8. The largest absolute Gasteiger partial charge is 0.486 e. The molecule has 1 N–H and O–H groups in total. The van der Waals surface area contributed by atoms with Crippen LogP contribution in [0.2, 0.25) is 0 Å². The molecule has 1 aromatic heterocycles. The predicted molar refractivity (Wildman–Crippen MR) is 136 cm³/mol. The van der Waals surface area contributed by atoms with E-state index in [1.807, 2.05) is 36.4 Å². The van der Waals surface area contributed by atoms with Crippen LogP contribution in [-0.2, 0) is 9.53 Å². The van der Waals surface area contributed by atoms with Crippen molar-refractivity contribution in [2.24, 2.45) is 11.3 Å². The van der Waals surface area contributed by atoms with Crippen molar-refractivity contribution in [3.05, 3.63) is 96.1 Å². The van der Waals surface area contributed by atoms with E-state index in [4.69, 9.17) is 4.74 Å². The summed E-state index contributed by atoms with van der Waals surface area (Å²) < 4.78 is 6.37. The summed E-state index contributed by atoms with van der Waals surface area (Å²) >= 11 is 0. The second-order valence-electron chi connectivity index (χ2n) is 9.52. The highest BCUT2D eigenvalue weighted by Gasteiger charge is 2.33. The van der Waals surface area contributed by atoms with E-state index in [0.717, 1.165) is 40.6 Å². The smallest absolute Gasteiger partial charge is 0.248 e. The Hall–Kier alpha value is -3.40. The van der Waals surface area contributed by atoms with Gasteiger partial charge in [0.15, 0.2) is 0 Å². The molecule has 4 nitrogen and oxygen atoms in total. The number of carbonyl (C=O) groups excluding carboxylic acids is 1. The normalized spacial score (nSPS) is 22.4. The van der Waals surface area contributed by atoms with Gasteiger partial charge in [0.1, 0.15) is 11.9 Å². The van der Waals surface area contributed by atoms with Crippen molar-refractivity contribution in [3.8, 4) is 0 Å². The second kappa shape index (κ2) is 9.62. The van der Waals surface area contributed by atoms with E-state index in [-0.39, 0.29) is 17.4 Å². The lowest BCUT2D eigenvalue weighted by atomic mass is 9.71. The Kier molecular flexibility index (Phi) is 6.64. The number of allylic oxidation sites excluding steroid dienone is 7. The number of hydrogen-bond donors (Lipinski definition) is 1. The van der Waals surface area contributed by atoms with Gasteiger partial charge in [0.25, 0.3) is 0 Å². The SMILES string of the molecule is CC1=C(/C=C/C(=O)Nc2cccc3cnccc23)C(C)(C)CCC1OC1=CC=CC(C)C=C1. The van der Waals surface area contributed by atoms with Crippen LogP contribution in [0.25, 0.3) is 10.8 Å². The van der Waals surface area contributed by atoms with E-state index in [1.165, 1.54) is 5.57 Å². The molecule has 4 rings (SSSR count). The van der Waals surface area contributed by atoms with Crippen LogP contribution in [0.4, 0.5) is 5.69 Å². The molecular formula is C29H32N2O2. The van der Waals surface area contributed by atoms with E-state index in [1.54, 1.807) is 18.5 Å². The summed E-state index contributed by atoms with van der Waals surface area (Å²) in [5.74, 6) is 1.14. The number of rotatable bonds is 5. The number of nitrogens with zero attached hydrogens (tertiary/aromatic N) is 1. The minimum atomic E-state index is -0.146. The molecule has 2 aliphatic rings. The van der Waals surface area contributed by atoms with Crippen molar-refractivity contribution >= 4 is 22.4 Å². The van der Waals surface area contributed by atoms with E-state index in [0.29, 0.717) is 5.92 Å². The van der Waals surface area contributed by atoms with Gasteiger partial charge < -0.3 is 10.1 Å². The van der Waals surface area contributed by atoms with Gasteiger partial charge in [-0.15, -0.1) is 0 Å². The quantitative estimate of drug-likeness (QED) is 0.515. The lowest BCUT2D eigenvalue weighted by Gasteiger charge is -2.37. The summed E-state index contributed by atoms with van der Waals surface area (Å²) in [5, 5.41) is 5.00. The minimum absolute atomic E-state index is 0.00371. The summed E-state index contributed by atoms with van der Waals surface area (Å²) in [7, 11) is 0. The third-order valence-corrected chi connectivity index (χ3v) is 6.53. The Bertz CT molecular complexity index is 1190. The molecule has 4 heteroatoms. The fourth-order valence-electron chi connectivity index (χ4n) is 4.55. The molecule has 0 aliphatic heterocycles. The van der Waals surface area contributed by atoms with Gasteiger partial charge in [0, 0.05) is 34.9 Å². The van der Waals surface area contributed by atoms with E-state index >= 15 is 0 Å². The number of nitrogens with one attached hydrogen (secondary N) is 1. The van der Waals surface area contributed by atoms with Gasteiger partial charge in [0.2, 0.25) is 5.91 Å². The van der Waals surface area contributed by atoms with Crippen LogP contribution >= 0.6 is 0 Å². The van der Waals surface area contributed by atoms with Crippen molar-refractivity contribution in [1.29, 1.82) is 0 Å². The molecule has 1 aromatic carbocycles. The maximum atomic E-state index is 12.8. The van der Waals surface area contributed by atoms with Crippen LogP contribution in [0.3, 0.4) is 0 Å². The summed E-state index contributed by atoms with van der Waals surface area (Å²) in [6, 6.07) is 7.74. The highest BCUT2D eigenvalue weighted by atomic mass is 16.5. The number of hydrogen-bond acceptors (Lipinski definition) is 3. The van der Waals surface area contributed by atoms with Crippen LogP contribution in [0.1, 0.15) is 40.5 Å². The maximum absolute atomic E-state index is 12.8. The van der Waals surface area contributed by atoms with Crippen molar-refractivity contribution in [2.45, 2.75) is 46.6 Å². The third kappa shape index (κ3) is 5.33. The molecule has 0 saturated heterocycles. The lowest BCUT2D eigenvalue weighted by molar-refractivity contribution is -0.111. The van der Waals surface area contributed by atoms with Crippen LogP contribution in [-0.4, -0.2) is 17.0 Å². The van der Waals surface area contributed by atoms with Crippen LogP contribution in [0, 0.1) is 11.3 Å². The number of aromatic nitrogens is 1. The second-order valence-corrected chi connectivity index (χ2v) is 9.52. The van der Waals surface area contributed by atoms with Gasteiger partial charge in [0.05, 0.1) is 0 Å². The third-order valence-electron chi connectivity index (χ3n) is 6.53. The molecular weight excluding hydrogens is 408 g/mol. The number of amides is 1. The van der Waals surface area contributed by atoms with Crippen LogP contribution in [0.5, 0.6) is 0 Å². The monoisotopic (exact) mass is 440 g/mol. The molecule has 2 aliphatic carbocycles. The molecule has 2 atom stereocenters. The Labute approximate surface area is 196 Å². The molecule has 33 heavy (non-hydrogen) atoms. The zero-order valence-corrected chi connectivity index (χ0v) is 19.8. The topological polar surface area (TPSA) is 51.2 Å². The Morgan fingerprint density at radius 3 is 2.94 bits per heavy atom. The average Bonchev–Trinajstić information content (AvgIpc) is 2.99. The zero-order chi connectivity index (χ0) is 23.4. The fourth-order valence-corrected chi connectivity index (χ4v) is 4.55. The number of pyridine rings is 1. The van der Waals surface area contributed by atoms with Gasteiger partial charge >= 0.3 is 0 Å². The summed E-state index contributed by atoms with van der Waals surface area (Å²) in [5.41, 5.74) is 3.11. The number of anilines is 1. The Balaban J connectivity index is 1.53. The Morgan fingerprint density at radius 2 is 2.09 bits per heavy atom. The average molecular weight is 441 g/mol. The fraction of sp³-hybridized carbons (Fsp3) is 0.310. The summed E-state index contributed by atoms with van der Waals surface area (Å²) in [6.07, 6.45) is 19.5. The van der Waals surface area contributed by atoms with Gasteiger partial charge in [-0.2, -0.15) is 0 Å². The molecule has 170 valence electrons.